The average Bonchev–Trinajstić information content (AvgIpc) is 2.44. The second-order valence-electron chi connectivity index (χ2n) is 5.64. The first-order valence-corrected chi connectivity index (χ1v) is 7.31. The Balaban J connectivity index is 1.96. The highest BCUT2D eigenvalue weighted by Crippen LogP contribution is 2.28. The second kappa shape index (κ2) is 6.99. The lowest BCUT2D eigenvalue weighted by molar-refractivity contribution is 0.301. The number of rotatable bonds is 5. The molecule has 0 bridgehead atoms. The lowest BCUT2D eigenvalue weighted by Crippen LogP contribution is -2.31. The maximum atomic E-state index is 13.7. The van der Waals surface area contributed by atoms with Gasteiger partial charge >= 0.3 is 0 Å². The summed E-state index contributed by atoms with van der Waals surface area (Å²) in [5.41, 5.74) is 0.482. The number of benzene rings is 1. The average molecular weight is 267 g/mol. The van der Waals surface area contributed by atoms with Crippen LogP contribution >= 0.6 is 0 Å². The van der Waals surface area contributed by atoms with E-state index in [2.05, 4.69) is 5.32 Å². The molecule has 1 nitrogen and oxygen atoms in total. The van der Waals surface area contributed by atoms with Crippen molar-refractivity contribution in [2.75, 3.05) is 7.05 Å². The van der Waals surface area contributed by atoms with E-state index in [1.165, 1.54) is 38.2 Å². The van der Waals surface area contributed by atoms with E-state index in [0.717, 1.165) is 12.3 Å². The van der Waals surface area contributed by atoms with Gasteiger partial charge in [-0.05, 0) is 37.4 Å². The number of hydrogen-bond donors (Lipinski definition) is 1. The molecule has 1 saturated carbocycles. The van der Waals surface area contributed by atoms with E-state index in [1.54, 1.807) is 12.1 Å². The van der Waals surface area contributed by atoms with Gasteiger partial charge in [-0.15, -0.1) is 0 Å². The van der Waals surface area contributed by atoms with Gasteiger partial charge in [0.25, 0.3) is 0 Å². The van der Waals surface area contributed by atoms with Crippen molar-refractivity contribution in [3.05, 3.63) is 35.4 Å². The van der Waals surface area contributed by atoms with Gasteiger partial charge in [-0.2, -0.15) is 0 Å². The summed E-state index contributed by atoms with van der Waals surface area (Å²) in [5, 5.41) is 3.26. The van der Waals surface area contributed by atoms with Gasteiger partial charge in [0, 0.05) is 6.04 Å². The third-order valence-electron chi connectivity index (χ3n) is 4.25. The Hall–Kier alpha value is -0.960. The fourth-order valence-electron chi connectivity index (χ4n) is 3.10. The molecule has 1 unspecified atom stereocenters. The number of nitrogens with one attached hydrogen (secondary N) is 1. The summed E-state index contributed by atoms with van der Waals surface area (Å²) in [7, 11) is 1.91. The molecule has 1 aromatic carbocycles. The standard InChI is InChI=1S/C16H23F2N/c1-19-14(10-12-6-3-2-4-7-12)11-13-8-5-9-15(17)16(13)18/h5,8-9,12,14,19H,2-4,6-7,10-11H2,1H3. The smallest absolute Gasteiger partial charge is 0.162 e. The minimum atomic E-state index is -0.745. The van der Waals surface area contributed by atoms with Gasteiger partial charge in [0.15, 0.2) is 11.6 Å². The summed E-state index contributed by atoms with van der Waals surface area (Å²) in [6.45, 7) is 0. The van der Waals surface area contributed by atoms with Gasteiger partial charge in [-0.3, -0.25) is 0 Å². The summed E-state index contributed by atoms with van der Waals surface area (Å²) in [6, 6.07) is 4.68. The van der Waals surface area contributed by atoms with E-state index in [9.17, 15) is 8.78 Å². The zero-order valence-electron chi connectivity index (χ0n) is 11.6. The van der Waals surface area contributed by atoms with E-state index >= 15 is 0 Å². The molecule has 1 fully saturated rings. The topological polar surface area (TPSA) is 12.0 Å². The summed E-state index contributed by atoms with van der Waals surface area (Å²) in [4.78, 5) is 0. The predicted molar refractivity (Wildman–Crippen MR) is 74.1 cm³/mol. The first kappa shape index (κ1) is 14.4. The Labute approximate surface area is 114 Å². The zero-order valence-corrected chi connectivity index (χ0v) is 11.6. The number of halogens is 2. The van der Waals surface area contributed by atoms with E-state index < -0.39 is 11.6 Å². The minimum Gasteiger partial charge on any atom is -0.317 e. The van der Waals surface area contributed by atoms with Crippen LogP contribution < -0.4 is 5.32 Å². The Morgan fingerprint density at radius 3 is 2.63 bits per heavy atom. The molecule has 0 amide bonds. The van der Waals surface area contributed by atoms with Crippen LogP contribution in [0.1, 0.15) is 44.1 Å². The molecular weight excluding hydrogens is 244 g/mol. The van der Waals surface area contributed by atoms with Crippen LogP contribution in [0.5, 0.6) is 0 Å². The molecule has 0 radical (unpaired) electrons. The summed E-state index contributed by atoms with van der Waals surface area (Å²) in [6.07, 6.45) is 8.17. The van der Waals surface area contributed by atoms with Crippen molar-refractivity contribution in [3.8, 4) is 0 Å². The van der Waals surface area contributed by atoms with Crippen LogP contribution in [0.3, 0.4) is 0 Å². The summed E-state index contributed by atoms with van der Waals surface area (Å²) >= 11 is 0. The molecular formula is C16H23F2N. The molecule has 106 valence electrons. The van der Waals surface area contributed by atoms with Gasteiger partial charge in [-0.1, -0.05) is 44.2 Å². The molecule has 1 N–H and O–H groups in total. The van der Waals surface area contributed by atoms with Crippen molar-refractivity contribution in [3.63, 3.8) is 0 Å². The van der Waals surface area contributed by atoms with Crippen molar-refractivity contribution in [2.24, 2.45) is 5.92 Å². The fraction of sp³-hybridized carbons (Fsp3) is 0.625. The zero-order chi connectivity index (χ0) is 13.7. The monoisotopic (exact) mass is 267 g/mol. The van der Waals surface area contributed by atoms with Gasteiger partial charge in [0.1, 0.15) is 0 Å². The molecule has 1 aliphatic rings. The molecule has 1 atom stereocenters. The molecule has 0 aromatic heterocycles. The van der Waals surface area contributed by atoms with Crippen LogP contribution in [0.25, 0.3) is 0 Å². The van der Waals surface area contributed by atoms with Crippen LogP contribution in [0.2, 0.25) is 0 Å². The lowest BCUT2D eigenvalue weighted by atomic mass is 9.83. The van der Waals surface area contributed by atoms with E-state index in [4.69, 9.17) is 0 Å². The second-order valence-corrected chi connectivity index (χ2v) is 5.64. The third-order valence-corrected chi connectivity index (χ3v) is 4.25. The number of likely N-dealkylation sites (N-methyl/N-ethyl adjacent to an activating group) is 1. The normalized spacial score (nSPS) is 18.5. The van der Waals surface area contributed by atoms with Crippen LogP contribution in [0, 0.1) is 17.6 Å². The van der Waals surface area contributed by atoms with Crippen LogP contribution in [-0.2, 0) is 6.42 Å². The van der Waals surface area contributed by atoms with Crippen molar-refractivity contribution in [1.82, 2.24) is 5.32 Å². The molecule has 19 heavy (non-hydrogen) atoms. The highest BCUT2D eigenvalue weighted by atomic mass is 19.2. The molecule has 1 aliphatic carbocycles. The Kier molecular flexibility index (Phi) is 5.32. The highest BCUT2D eigenvalue weighted by Gasteiger charge is 2.19. The molecule has 1 aromatic rings. The maximum absolute atomic E-state index is 13.7. The van der Waals surface area contributed by atoms with Crippen LogP contribution in [0.4, 0.5) is 8.78 Å². The quantitative estimate of drug-likeness (QED) is 0.848. The first-order valence-electron chi connectivity index (χ1n) is 7.31. The van der Waals surface area contributed by atoms with E-state index in [-0.39, 0.29) is 6.04 Å². The van der Waals surface area contributed by atoms with Gasteiger partial charge in [-0.25, -0.2) is 8.78 Å². The Bertz CT molecular complexity index is 400. The molecule has 3 heteroatoms. The SMILES string of the molecule is CNC(Cc1cccc(F)c1F)CC1CCCCC1. The van der Waals surface area contributed by atoms with Gasteiger partial charge in [0.05, 0.1) is 0 Å². The Morgan fingerprint density at radius 1 is 1.21 bits per heavy atom. The van der Waals surface area contributed by atoms with Crippen molar-refractivity contribution >= 4 is 0 Å². The van der Waals surface area contributed by atoms with Gasteiger partial charge < -0.3 is 5.32 Å². The van der Waals surface area contributed by atoms with E-state index in [1.807, 2.05) is 7.05 Å². The molecule has 0 spiro atoms. The van der Waals surface area contributed by atoms with Gasteiger partial charge in [0.2, 0.25) is 0 Å². The fourth-order valence-corrected chi connectivity index (χ4v) is 3.10. The molecule has 0 saturated heterocycles. The van der Waals surface area contributed by atoms with E-state index in [0.29, 0.717) is 12.0 Å². The third kappa shape index (κ3) is 4.00. The lowest BCUT2D eigenvalue weighted by Gasteiger charge is -2.26. The summed E-state index contributed by atoms with van der Waals surface area (Å²) in [5.74, 6) is -0.695. The van der Waals surface area contributed by atoms with Crippen LogP contribution in [0.15, 0.2) is 18.2 Å². The predicted octanol–water partition coefficient (Wildman–Crippen LogP) is 4.07. The summed E-state index contributed by atoms with van der Waals surface area (Å²) < 4.78 is 26.9. The van der Waals surface area contributed by atoms with Crippen molar-refractivity contribution < 1.29 is 8.78 Å². The largest absolute Gasteiger partial charge is 0.317 e. The molecule has 2 rings (SSSR count). The minimum absolute atomic E-state index is 0.236. The highest BCUT2D eigenvalue weighted by molar-refractivity contribution is 5.20. The number of hydrogen-bond acceptors (Lipinski definition) is 1. The molecule has 0 aliphatic heterocycles. The van der Waals surface area contributed by atoms with Crippen molar-refractivity contribution in [1.29, 1.82) is 0 Å². The van der Waals surface area contributed by atoms with Crippen LogP contribution in [-0.4, -0.2) is 13.1 Å². The molecule has 0 heterocycles. The van der Waals surface area contributed by atoms with Crippen molar-refractivity contribution in [2.45, 2.75) is 51.0 Å². The maximum Gasteiger partial charge on any atom is 0.162 e. The Morgan fingerprint density at radius 2 is 1.95 bits per heavy atom. The first-order chi connectivity index (χ1) is 9.20.